The average Bonchev–Trinajstić information content (AvgIpc) is 2.34. The van der Waals surface area contributed by atoms with E-state index in [0.29, 0.717) is 5.92 Å². The SMILES string of the molecule is CCc1ccc(C(NC(=O)C2CNC2)C(C)C)cc1. The first-order valence-electron chi connectivity index (χ1n) is 7.21. The van der Waals surface area contributed by atoms with E-state index in [1.807, 2.05) is 0 Å². The Bertz CT molecular complexity index is 421. The van der Waals surface area contributed by atoms with Gasteiger partial charge in [0.15, 0.2) is 0 Å². The number of carbonyl (C=O) groups is 1. The quantitative estimate of drug-likeness (QED) is 0.853. The summed E-state index contributed by atoms with van der Waals surface area (Å²) in [6.07, 6.45) is 1.05. The maximum atomic E-state index is 12.1. The molecule has 0 spiro atoms. The standard InChI is InChI=1S/C16H24N2O/c1-4-12-5-7-13(8-6-12)15(11(2)3)18-16(19)14-9-17-10-14/h5-8,11,14-15,17H,4,9-10H2,1-3H3,(H,18,19). The summed E-state index contributed by atoms with van der Waals surface area (Å²) in [6.45, 7) is 8.08. The van der Waals surface area contributed by atoms with Gasteiger partial charge in [-0.3, -0.25) is 4.79 Å². The molecule has 19 heavy (non-hydrogen) atoms. The molecule has 2 N–H and O–H groups in total. The van der Waals surface area contributed by atoms with Crippen LogP contribution in [0.25, 0.3) is 0 Å². The van der Waals surface area contributed by atoms with Gasteiger partial charge >= 0.3 is 0 Å². The molecule has 1 aliphatic rings. The number of amides is 1. The Hall–Kier alpha value is -1.35. The molecule has 1 fully saturated rings. The van der Waals surface area contributed by atoms with Gasteiger partial charge in [-0.25, -0.2) is 0 Å². The molecule has 0 bridgehead atoms. The van der Waals surface area contributed by atoms with Crippen molar-refractivity contribution < 1.29 is 4.79 Å². The largest absolute Gasteiger partial charge is 0.349 e. The number of nitrogens with one attached hydrogen (secondary N) is 2. The topological polar surface area (TPSA) is 41.1 Å². The van der Waals surface area contributed by atoms with Crippen LogP contribution in [0, 0.1) is 11.8 Å². The van der Waals surface area contributed by atoms with Crippen LogP contribution < -0.4 is 10.6 Å². The third kappa shape index (κ3) is 3.35. The van der Waals surface area contributed by atoms with E-state index in [2.05, 4.69) is 55.7 Å². The fourth-order valence-corrected chi connectivity index (χ4v) is 2.34. The van der Waals surface area contributed by atoms with Crippen molar-refractivity contribution in [2.24, 2.45) is 11.8 Å². The molecule has 1 amide bonds. The Labute approximate surface area is 115 Å². The van der Waals surface area contributed by atoms with Gasteiger partial charge in [-0.1, -0.05) is 45.0 Å². The zero-order valence-corrected chi connectivity index (χ0v) is 12.1. The highest BCUT2D eigenvalue weighted by Crippen LogP contribution is 2.23. The van der Waals surface area contributed by atoms with E-state index in [-0.39, 0.29) is 17.9 Å². The molecule has 3 nitrogen and oxygen atoms in total. The fraction of sp³-hybridized carbons (Fsp3) is 0.562. The molecule has 0 aliphatic carbocycles. The molecule has 2 rings (SSSR count). The fourth-order valence-electron chi connectivity index (χ4n) is 2.34. The number of benzene rings is 1. The summed E-state index contributed by atoms with van der Waals surface area (Å²) in [5, 5.41) is 6.33. The van der Waals surface area contributed by atoms with E-state index in [4.69, 9.17) is 0 Å². The first-order valence-corrected chi connectivity index (χ1v) is 7.21. The van der Waals surface area contributed by atoms with Gasteiger partial charge < -0.3 is 10.6 Å². The number of aryl methyl sites for hydroxylation is 1. The summed E-state index contributed by atoms with van der Waals surface area (Å²) in [7, 11) is 0. The zero-order chi connectivity index (χ0) is 13.8. The molecule has 0 radical (unpaired) electrons. The summed E-state index contributed by atoms with van der Waals surface area (Å²) in [5.74, 6) is 0.720. The highest BCUT2D eigenvalue weighted by molar-refractivity contribution is 5.80. The van der Waals surface area contributed by atoms with Gasteiger partial charge in [0.25, 0.3) is 0 Å². The predicted octanol–water partition coefficient (Wildman–Crippen LogP) is 2.28. The van der Waals surface area contributed by atoms with Crippen molar-refractivity contribution in [1.82, 2.24) is 10.6 Å². The summed E-state index contributed by atoms with van der Waals surface area (Å²) in [6, 6.07) is 8.70. The molecule has 1 aromatic rings. The Morgan fingerprint density at radius 3 is 2.37 bits per heavy atom. The van der Waals surface area contributed by atoms with E-state index < -0.39 is 0 Å². The van der Waals surface area contributed by atoms with E-state index >= 15 is 0 Å². The number of rotatable bonds is 5. The molecule has 0 saturated carbocycles. The van der Waals surface area contributed by atoms with Crippen LogP contribution in [0.3, 0.4) is 0 Å². The summed E-state index contributed by atoms with van der Waals surface area (Å²) in [5.41, 5.74) is 2.54. The molecule has 1 heterocycles. The molecular weight excluding hydrogens is 236 g/mol. The smallest absolute Gasteiger partial charge is 0.226 e. The van der Waals surface area contributed by atoms with E-state index in [0.717, 1.165) is 19.5 Å². The first kappa shape index (κ1) is 14.1. The molecule has 1 aromatic carbocycles. The van der Waals surface area contributed by atoms with Crippen LogP contribution in [0.15, 0.2) is 24.3 Å². The lowest BCUT2D eigenvalue weighted by atomic mass is 9.93. The number of hydrogen-bond donors (Lipinski definition) is 2. The van der Waals surface area contributed by atoms with Crippen molar-refractivity contribution in [1.29, 1.82) is 0 Å². The second-order valence-electron chi connectivity index (χ2n) is 5.68. The monoisotopic (exact) mass is 260 g/mol. The lowest BCUT2D eigenvalue weighted by molar-refractivity contribution is -0.127. The molecule has 1 atom stereocenters. The van der Waals surface area contributed by atoms with Gasteiger partial charge in [0.05, 0.1) is 12.0 Å². The second-order valence-corrected chi connectivity index (χ2v) is 5.68. The highest BCUT2D eigenvalue weighted by atomic mass is 16.2. The zero-order valence-electron chi connectivity index (χ0n) is 12.1. The van der Waals surface area contributed by atoms with E-state index in [1.165, 1.54) is 11.1 Å². The van der Waals surface area contributed by atoms with Crippen molar-refractivity contribution in [3.05, 3.63) is 35.4 Å². The summed E-state index contributed by atoms with van der Waals surface area (Å²) >= 11 is 0. The molecule has 1 aliphatic heterocycles. The van der Waals surface area contributed by atoms with Gasteiger partial charge in [0.1, 0.15) is 0 Å². The minimum atomic E-state index is 0.110. The highest BCUT2D eigenvalue weighted by Gasteiger charge is 2.28. The number of carbonyl (C=O) groups excluding carboxylic acids is 1. The molecule has 1 saturated heterocycles. The van der Waals surface area contributed by atoms with Gasteiger partial charge in [0, 0.05) is 13.1 Å². The summed E-state index contributed by atoms with van der Waals surface area (Å²) in [4.78, 5) is 12.1. The van der Waals surface area contributed by atoms with Crippen LogP contribution in [-0.2, 0) is 11.2 Å². The van der Waals surface area contributed by atoms with Crippen molar-refractivity contribution >= 4 is 5.91 Å². The molecular formula is C16H24N2O. The maximum Gasteiger partial charge on any atom is 0.226 e. The Balaban J connectivity index is 2.07. The van der Waals surface area contributed by atoms with Crippen LogP contribution in [0.5, 0.6) is 0 Å². The predicted molar refractivity (Wildman–Crippen MR) is 77.9 cm³/mol. The third-order valence-corrected chi connectivity index (χ3v) is 3.86. The van der Waals surface area contributed by atoms with Crippen LogP contribution >= 0.6 is 0 Å². The van der Waals surface area contributed by atoms with Crippen LogP contribution in [-0.4, -0.2) is 19.0 Å². The lowest BCUT2D eigenvalue weighted by Gasteiger charge is -2.30. The molecule has 3 heteroatoms. The Kier molecular flexibility index (Phi) is 4.59. The minimum Gasteiger partial charge on any atom is -0.349 e. The van der Waals surface area contributed by atoms with E-state index in [1.54, 1.807) is 0 Å². The Morgan fingerprint density at radius 2 is 1.95 bits per heavy atom. The average molecular weight is 260 g/mol. The van der Waals surface area contributed by atoms with Crippen molar-refractivity contribution in [3.63, 3.8) is 0 Å². The number of hydrogen-bond acceptors (Lipinski definition) is 2. The van der Waals surface area contributed by atoms with Gasteiger partial charge in [-0.15, -0.1) is 0 Å². The van der Waals surface area contributed by atoms with Crippen LogP contribution in [0.1, 0.15) is 37.9 Å². The normalized spacial score (nSPS) is 17.1. The van der Waals surface area contributed by atoms with Gasteiger partial charge in [-0.2, -0.15) is 0 Å². The minimum absolute atomic E-state index is 0.110. The van der Waals surface area contributed by atoms with Gasteiger partial charge in [0.2, 0.25) is 5.91 Å². The molecule has 0 aromatic heterocycles. The van der Waals surface area contributed by atoms with Crippen molar-refractivity contribution in [2.75, 3.05) is 13.1 Å². The Morgan fingerprint density at radius 1 is 1.32 bits per heavy atom. The van der Waals surface area contributed by atoms with Crippen molar-refractivity contribution in [3.8, 4) is 0 Å². The van der Waals surface area contributed by atoms with Crippen molar-refractivity contribution in [2.45, 2.75) is 33.2 Å². The van der Waals surface area contributed by atoms with Gasteiger partial charge in [-0.05, 0) is 23.5 Å². The maximum absolute atomic E-state index is 12.1. The third-order valence-electron chi connectivity index (χ3n) is 3.86. The van der Waals surface area contributed by atoms with E-state index in [9.17, 15) is 4.79 Å². The molecule has 104 valence electrons. The second kappa shape index (κ2) is 6.20. The summed E-state index contributed by atoms with van der Waals surface area (Å²) < 4.78 is 0. The van der Waals surface area contributed by atoms with Crippen LogP contribution in [0.4, 0.5) is 0 Å². The lowest BCUT2D eigenvalue weighted by Crippen LogP contribution is -2.51. The first-order chi connectivity index (χ1) is 9.11. The van der Waals surface area contributed by atoms with Crippen LogP contribution in [0.2, 0.25) is 0 Å². The molecule has 1 unspecified atom stereocenters.